The van der Waals surface area contributed by atoms with E-state index < -0.39 is 9.84 Å². The summed E-state index contributed by atoms with van der Waals surface area (Å²) in [7, 11) is -2.06. The van der Waals surface area contributed by atoms with Gasteiger partial charge in [-0.2, -0.15) is 5.10 Å². The largest absolute Gasteiger partial charge is 0.497 e. The number of sulfone groups is 1. The molecule has 0 aliphatic carbocycles. The molecule has 0 unspecified atom stereocenters. The van der Waals surface area contributed by atoms with Crippen molar-refractivity contribution in [3.8, 4) is 5.75 Å². The average Bonchev–Trinajstić information content (AvgIpc) is 2.76. The Bertz CT molecular complexity index is 1330. The van der Waals surface area contributed by atoms with Gasteiger partial charge in [0.25, 0.3) is 5.56 Å². The number of nitrogens with zero attached hydrogens (tertiary/aromatic N) is 2. The fourth-order valence-electron chi connectivity index (χ4n) is 3.09. The van der Waals surface area contributed by atoms with E-state index in [9.17, 15) is 13.2 Å². The summed E-state index contributed by atoms with van der Waals surface area (Å²) < 4.78 is 32.1. The molecule has 1 aromatic heterocycles. The number of rotatable bonds is 5. The fourth-order valence-corrected chi connectivity index (χ4v) is 4.40. The third-order valence-electron chi connectivity index (χ3n) is 4.68. The Kier molecular flexibility index (Phi) is 4.90. The molecule has 29 heavy (non-hydrogen) atoms. The van der Waals surface area contributed by atoms with Gasteiger partial charge in [0.15, 0.2) is 0 Å². The number of hydrogen-bond donors (Lipinski definition) is 0. The van der Waals surface area contributed by atoms with Gasteiger partial charge in [-0.1, -0.05) is 30.3 Å². The molecule has 0 saturated heterocycles. The van der Waals surface area contributed by atoms with Crippen LogP contribution >= 0.6 is 0 Å². The van der Waals surface area contributed by atoms with Gasteiger partial charge in [0.2, 0.25) is 9.84 Å². The number of benzene rings is 3. The predicted molar refractivity (Wildman–Crippen MR) is 110 cm³/mol. The molecular weight excluding hydrogens is 388 g/mol. The van der Waals surface area contributed by atoms with Crippen molar-refractivity contribution in [3.63, 3.8) is 0 Å². The van der Waals surface area contributed by atoms with Crippen molar-refractivity contribution in [2.45, 2.75) is 16.3 Å². The number of ether oxygens (including phenoxy) is 1. The average molecular weight is 406 g/mol. The Balaban J connectivity index is 1.71. The maximum absolute atomic E-state index is 12.8. The molecule has 0 aliphatic rings. The zero-order valence-electron chi connectivity index (χ0n) is 15.6. The molecule has 1 heterocycles. The molecule has 0 spiro atoms. The van der Waals surface area contributed by atoms with Crippen LogP contribution in [-0.2, 0) is 16.4 Å². The maximum Gasteiger partial charge on any atom is 0.274 e. The quantitative estimate of drug-likeness (QED) is 0.508. The summed E-state index contributed by atoms with van der Waals surface area (Å²) in [6.45, 7) is 0.308. The van der Waals surface area contributed by atoms with Gasteiger partial charge in [-0.25, -0.2) is 13.1 Å². The topological polar surface area (TPSA) is 78.3 Å². The first-order chi connectivity index (χ1) is 14.0. The molecule has 0 atom stereocenters. The highest BCUT2D eigenvalue weighted by atomic mass is 32.2. The van der Waals surface area contributed by atoms with E-state index in [1.54, 1.807) is 43.5 Å². The zero-order valence-corrected chi connectivity index (χ0v) is 16.5. The number of hydrogen-bond acceptors (Lipinski definition) is 5. The monoisotopic (exact) mass is 406 g/mol. The lowest BCUT2D eigenvalue weighted by Crippen LogP contribution is -2.23. The van der Waals surface area contributed by atoms with Gasteiger partial charge < -0.3 is 4.74 Å². The second-order valence-electron chi connectivity index (χ2n) is 6.52. The van der Waals surface area contributed by atoms with E-state index in [2.05, 4.69) is 5.10 Å². The van der Waals surface area contributed by atoms with Gasteiger partial charge in [0.05, 0.1) is 35.0 Å². The van der Waals surface area contributed by atoms with Crippen LogP contribution in [0.1, 0.15) is 5.56 Å². The standard InChI is InChI=1S/C22H18N2O4S/c1-28-18-9-7-16(8-10-18)15-24-22(25)21-12-11-20(13-17(21)14-23-24)29(26,27)19-5-3-2-4-6-19/h2-14H,15H2,1H3. The van der Waals surface area contributed by atoms with Crippen molar-refractivity contribution in [3.05, 3.63) is 94.9 Å². The molecule has 4 aromatic rings. The Morgan fingerprint density at radius 3 is 2.34 bits per heavy atom. The molecule has 0 saturated carbocycles. The van der Waals surface area contributed by atoms with Crippen LogP contribution in [0, 0.1) is 0 Å². The van der Waals surface area contributed by atoms with Crippen LogP contribution in [0.2, 0.25) is 0 Å². The van der Waals surface area contributed by atoms with E-state index in [1.807, 2.05) is 24.3 Å². The van der Waals surface area contributed by atoms with E-state index in [1.165, 1.54) is 23.0 Å². The van der Waals surface area contributed by atoms with Crippen LogP contribution in [-0.4, -0.2) is 25.3 Å². The summed E-state index contributed by atoms with van der Waals surface area (Å²) in [5.74, 6) is 0.736. The van der Waals surface area contributed by atoms with Crippen LogP contribution in [0.4, 0.5) is 0 Å². The number of fused-ring (bicyclic) bond motifs is 1. The Morgan fingerprint density at radius 2 is 1.66 bits per heavy atom. The smallest absolute Gasteiger partial charge is 0.274 e. The lowest BCUT2D eigenvalue weighted by Gasteiger charge is -2.09. The van der Waals surface area contributed by atoms with E-state index >= 15 is 0 Å². The molecule has 6 nitrogen and oxygen atoms in total. The van der Waals surface area contributed by atoms with Gasteiger partial charge in [0, 0.05) is 5.39 Å². The Hall–Kier alpha value is -3.45. The SMILES string of the molecule is COc1ccc(Cn2ncc3cc(S(=O)(=O)c4ccccc4)ccc3c2=O)cc1. The zero-order chi connectivity index (χ0) is 20.4. The van der Waals surface area contributed by atoms with E-state index in [0.29, 0.717) is 17.3 Å². The van der Waals surface area contributed by atoms with Gasteiger partial charge in [-0.3, -0.25) is 4.79 Å². The van der Waals surface area contributed by atoms with Crippen LogP contribution in [0.25, 0.3) is 10.8 Å². The predicted octanol–water partition coefficient (Wildman–Crippen LogP) is 3.29. The molecule has 7 heteroatoms. The number of methoxy groups -OCH3 is 1. The number of aromatic nitrogens is 2. The Labute approximate surface area is 167 Å². The van der Waals surface area contributed by atoms with Crippen molar-refractivity contribution in [2.24, 2.45) is 0 Å². The minimum absolute atomic E-state index is 0.130. The fraction of sp³-hybridized carbons (Fsp3) is 0.0909. The van der Waals surface area contributed by atoms with Crippen molar-refractivity contribution in [1.82, 2.24) is 9.78 Å². The molecule has 0 fully saturated rings. The van der Waals surface area contributed by atoms with E-state index in [4.69, 9.17) is 4.74 Å². The van der Waals surface area contributed by atoms with E-state index in [-0.39, 0.29) is 15.4 Å². The molecule has 0 aliphatic heterocycles. The minimum Gasteiger partial charge on any atom is -0.497 e. The highest BCUT2D eigenvalue weighted by molar-refractivity contribution is 7.91. The minimum atomic E-state index is -3.66. The summed E-state index contributed by atoms with van der Waals surface area (Å²) in [4.78, 5) is 13.2. The molecule has 0 radical (unpaired) electrons. The highest BCUT2D eigenvalue weighted by Gasteiger charge is 2.18. The third-order valence-corrected chi connectivity index (χ3v) is 6.45. The van der Waals surface area contributed by atoms with Crippen LogP contribution < -0.4 is 10.3 Å². The van der Waals surface area contributed by atoms with Crippen molar-refractivity contribution >= 4 is 20.6 Å². The van der Waals surface area contributed by atoms with Gasteiger partial charge >= 0.3 is 0 Å². The molecule has 3 aromatic carbocycles. The van der Waals surface area contributed by atoms with Crippen molar-refractivity contribution in [2.75, 3.05) is 7.11 Å². The lowest BCUT2D eigenvalue weighted by atomic mass is 10.2. The summed E-state index contributed by atoms with van der Waals surface area (Å²) in [6, 6.07) is 20.1. The second-order valence-corrected chi connectivity index (χ2v) is 8.47. The molecule has 4 rings (SSSR count). The maximum atomic E-state index is 12.8. The normalized spacial score (nSPS) is 11.5. The first-order valence-corrected chi connectivity index (χ1v) is 10.4. The summed E-state index contributed by atoms with van der Waals surface area (Å²) in [6.07, 6.45) is 1.52. The van der Waals surface area contributed by atoms with Gasteiger partial charge in [-0.15, -0.1) is 0 Å². The summed E-state index contributed by atoms with van der Waals surface area (Å²) in [5.41, 5.74) is 0.630. The molecule has 0 N–H and O–H groups in total. The van der Waals surface area contributed by atoms with Crippen LogP contribution in [0.3, 0.4) is 0 Å². The van der Waals surface area contributed by atoms with Crippen molar-refractivity contribution < 1.29 is 13.2 Å². The van der Waals surface area contributed by atoms with Gasteiger partial charge in [0.1, 0.15) is 5.75 Å². The lowest BCUT2D eigenvalue weighted by molar-refractivity contribution is 0.414. The first kappa shape index (κ1) is 18.9. The second kappa shape index (κ2) is 7.52. The third kappa shape index (κ3) is 3.64. The molecular formula is C22H18N2O4S. The first-order valence-electron chi connectivity index (χ1n) is 8.92. The molecule has 0 bridgehead atoms. The van der Waals surface area contributed by atoms with Gasteiger partial charge in [-0.05, 0) is 48.0 Å². The molecule has 146 valence electrons. The van der Waals surface area contributed by atoms with Crippen molar-refractivity contribution in [1.29, 1.82) is 0 Å². The summed E-state index contributed by atoms with van der Waals surface area (Å²) in [5, 5.41) is 5.12. The van der Waals surface area contributed by atoms with E-state index in [0.717, 1.165) is 11.3 Å². The van der Waals surface area contributed by atoms with Crippen LogP contribution in [0.15, 0.2) is 93.6 Å². The Morgan fingerprint density at radius 1 is 0.931 bits per heavy atom. The highest BCUT2D eigenvalue weighted by Crippen LogP contribution is 2.23. The molecule has 0 amide bonds. The summed E-state index contributed by atoms with van der Waals surface area (Å²) >= 11 is 0. The van der Waals surface area contributed by atoms with Crippen LogP contribution in [0.5, 0.6) is 5.75 Å².